The molecular weight excluding hydrogens is 222 g/mol. The quantitative estimate of drug-likeness (QED) is 0.804. The zero-order valence-corrected chi connectivity index (χ0v) is 11.6. The molecule has 2 heteroatoms. The normalized spacial score (nSPS) is 21.1. The summed E-state index contributed by atoms with van der Waals surface area (Å²) < 4.78 is 5.16. The van der Waals surface area contributed by atoms with Crippen molar-refractivity contribution in [3.05, 3.63) is 35.4 Å². The maximum atomic E-state index is 5.16. The average Bonchev–Trinajstić information content (AvgIpc) is 2.59. The van der Waals surface area contributed by atoms with E-state index < -0.39 is 0 Å². The van der Waals surface area contributed by atoms with Gasteiger partial charge in [-0.05, 0) is 43.7 Å². The van der Waals surface area contributed by atoms with Crippen molar-refractivity contribution in [1.29, 1.82) is 0 Å². The van der Waals surface area contributed by atoms with Crippen molar-refractivity contribution in [3.63, 3.8) is 0 Å². The lowest BCUT2D eigenvalue weighted by Crippen LogP contribution is -2.31. The van der Waals surface area contributed by atoms with Crippen LogP contribution in [0.3, 0.4) is 0 Å². The van der Waals surface area contributed by atoms with Crippen molar-refractivity contribution in [2.24, 2.45) is 0 Å². The number of hydrogen-bond donors (Lipinski definition) is 1. The van der Waals surface area contributed by atoms with Crippen LogP contribution >= 0.6 is 0 Å². The number of benzene rings is 1. The predicted octanol–water partition coefficient (Wildman–Crippen LogP) is 3.47. The van der Waals surface area contributed by atoms with Gasteiger partial charge >= 0.3 is 0 Å². The molecule has 2 nitrogen and oxygen atoms in total. The van der Waals surface area contributed by atoms with Gasteiger partial charge in [-0.1, -0.05) is 30.7 Å². The van der Waals surface area contributed by atoms with Gasteiger partial charge in [-0.25, -0.2) is 0 Å². The van der Waals surface area contributed by atoms with Crippen molar-refractivity contribution in [2.75, 3.05) is 13.7 Å². The van der Waals surface area contributed by atoms with Gasteiger partial charge in [0.15, 0.2) is 0 Å². The van der Waals surface area contributed by atoms with Crippen molar-refractivity contribution >= 4 is 0 Å². The van der Waals surface area contributed by atoms with Crippen LogP contribution in [0.1, 0.15) is 49.8 Å². The van der Waals surface area contributed by atoms with Gasteiger partial charge in [-0.2, -0.15) is 0 Å². The summed E-state index contributed by atoms with van der Waals surface area (Å²) in [5.41, 5.74) is 3.05. The van der Waals surface area contributed by atoms with Crippen LogP contribution in [-0.4, -0.2) is 19.8 Å². The number of methoxy groups -OCH3 is 1. The topological polar surface area (TPSA) is 21.3 Å². The molecule has 0 saturated carbocycles. The molecular formula is C16H25NO. The molecule has 1 aromatic carbocycles. The van der Waals surface area contributed by atoms with E-state index in [4.69, 9.17) is 4.74 Å². The van der Waals surface area contributed by atoms with Gasteiger partial charge in [0.1, 0.15) is 0 Å². The molecule has 0 aliphatic heterocycles. The third-order valence-corrected chi connectivity index (χ3v) is 3.86. The maximum Gasteiger partial charge on any atom is 0.0476 e. The Balaban J connectivity index is 2.03. The minimum absolute atomic E-state index is 0.515. The van der Waals surface area contributed by atoms with Crippen molar-refractivity contribution in [1.82, 2.24) is 5.32 Å². The summed E-state index contributed by atoms with van der Waals surface area (Å²) in [5, 5.41) is 3.77. The number of aryl methyl sites for hydroxylation is 1. The van der Waals surface area contributed by atoms with E-state index in [1.807, 2.05) is 0 Å². The first-order chi connectivity index (χ1) is 8.81. The molecule has 0 bridgehead atoms. The summed E-state index contributed by atoms with van der Waals surface area (Å²) in [7, 11) is 1.77. The molecule has 2 atom stereocenters. The lowest BCUT2D eigenvalue weighted by Gasteiger charge is -2.24. The minimum Gasteiger partial charge on any atom is -0.385 e. The van der Waals surface area contributed by atoms with E-state index in [2.05, 4.69) is 36.5 Å². The molecule has 18 heavy (non-hydrogen) atoms. The second-order valence-corrected chi connectivity index (χ2v) is 5.35. The molecule has 1 aliphatic carbocycles. The zero-order valence-electron chi connectivity index (χ0n) is 11.6. The van der Waals surface area contributed by atoms with Crippen LogP contribution in [0.2, 0.25) is 0 Å². The molecule has 0 spiro atoms. The highest BCUT2D eigenvalue weighted by atomic mass is 16.5. The standard InChI is InChI=1S/C16H25NO/c1-13(11-12-18-2)17-16-10-6-4-8-14-7-3-5-9-15(14)16/h3,5,7,9,13,16-17H,4,6,8,10-12H2,1-2H3. The predicted molar refractivity (Wildman–Crippen MR) is 75.8 cm³/mol. The summed E-state index contributed by atoms with van der Waals surface area (Å²) in [6.45, 7) is 3.09. The van der Waals surface area contributed by atoms with E-state index in [9.17, 15) is 0 Å². The molecule has 0 radical (unpaired) electrons. The smallest absolute Gasteiger partial charge is 0.0476 e. The summed E-state index contributed by atoms with van der Waals surface area (Å²) in [6, 6.07) is 9.95. The summed E-state index contributed by atoms with van der Waals surface area (Å²) in [4.78, 5) is 0. The average molecular weight is 247 g/mol. The number of nitrogens with one attached hydrogen (secondary N) is 1. The lowest BCUT2D eigenvalue weighted by atomic mass is 9.98. The Labute approximate surface area is 111 Å². The molecule has 0 amide bonds. The van der Waals surface area contributed by atoms with Crippen molar-refractivity contribution < 1.29 is 4.74 Å². The van der Waals surface area contributed by atoms with E-state index in [1.54, 1.807) is 7.11 Å². The molecule has 0 aromatic heterocycles. The van der Waals surface area contributed by atoms with Crippen molar-refractivity contribution in [2.45, 2.75) is 51.1 Å². The number of rotatable bonds is 5. The lowest BCUT2D eigenvalue weighted by molar-refractivity contribution is 0.182. The molecule has 0 heterocycles. The van der Waals surface area contributed by atoms with Crippen LogP contribution in [0.5, 0.6) is 0 Å². The van der Waals surface area contributed by atoms with Crippen LogP contribution in [0.25, 0.3) is 0 Å². The summed E-state index contributed by atoms with van der Waals surface area (Å²) >= 11 is 0. The minimum atomic E-state index is 0.515. The van der Waals surface area contributed by atoms with Gasteiger partial charge in [-0.3, -0.25) is 0 Å². The van der Waals surface area contributed by atoms with Crippen LogP contribution in [-0.2, 0) is 11.2 Å². The van der Waals surface area contributed by atoms with E-state index >= 15 is 0 Å². The molecule has 2 rings (SSSR count). The van der Waals surface area contributed by atoms with Gasteiger partial charge in [-0.15, -0.1) is 0 Å². The first-order valence-corrected chi connectivity index (χ1v) is 7.14. The van der Waals surface area contributed by atoms with E-state index in [0.717, 1.165) is 13.0 Å². The van der Waals surface area contributed by atoms with Crippen LogP contribution < -0.4 is 5.32 Å². The van der Waals surface area contributed by atoms with Crippen LogP contribution in [0.4, 0.5) is 0 Å². The number of hydrogen-bond acceptors (Lipinski definition) is 2. The Kier molecular flexibility index (Phi) is 5.21. The fourth-order valence-electron chi connectivity index (χ4n) is 2.82. The highest BCUT2D eigenvalue weighted by molar-refractivity contribution is 5.31. The molecule has 1 aromatic rings. The van der Waals surface area contributed by atoms with Crippen LogP contribution in [0, 0.1) is 0 Å². The fourth-order valence-corrected chi connectivity index (χ4v) is 2.82. The summed E-state index contributed by atoms with van der Waals surface area (Å²) in [6.07, 6.45) is 6.22. The van der Waals surface area contributed by atoms with Gasteiger partial charge in [0.05, 0.1) is 0 Å². The van der Waals surface area contributed by atoms with Gasteiger partial charge in [0.2, 0.25) is 0 Å². The first-order valence-electron chi connectivity index (χ1n) is 7.14. The third kappa shape index (κ3) is 3.56. The first kappa shape index (κ1) is 13.6. The van der Waals surface area contributed by atoms with E-state index in [0.29, 0.717) is 12.1 Å². The molecule has 1 N–H and O–H groups in total. The SMILES string of the molecule is COCCC(C)NC1CCCCc2ccccc21. The molecule has 1 aliphatic rings. The Morgan fingerprint density at radius 1 is 1.33 bits per heavy atom. The van der Waals surface area contributed by atoms with Crippen LogP contribution in [0.15, 0.2) is 24.3 Å². The van der Waals surface area contributed by atoms with Gasteiger partial charge in [0.25, 0.3) is 0 Å². The Hall–Kier alpha value is -0.860. The van der Waals surface area contributed by atoms with Crippen molar-refractivity contribution in [3.8, 4) is 0 Å². The largest absolute Gasteiger partial charge is 0.385 e. The molecule has 2 unspecified atom stereocenters. The van der Waals surface area contributed by atoms with E-state index in [1.165, 1.54) is 36.8 Å². The zero-order chi connectivity index (χ0) is 12.8. The second kappa shape index (κ2) is 6.91. The molecule has 0 saturated heterocycles. The number of ether oxygens (including phenoxy) is 1. The Morgan fingerprint density at radius 3 is 3.00 bits per heavy atom. The maximum absolute atomic E-state index is 5.16. The Morgan fingerprint density at radius 2 is 2.17 bits per heavy atom. The monoisotopic (exact) mass is 247 g/mol. The highest BCUT2D eigenvalue weighted by Crippen LogP contribution is 2.28. The van der Waals surface area contributed by atoms with Gasteiger partial charge in [0, 0.05) is 25.8 Å². The highest BCUT2D eigenvalue weighted by Gasteiger charge is 2.19. The Bertz CT molecular complexity index is 364. The van der Waals surface area contributed by atoms with E-state index in [-0.39, 0.29) is 0 Å². The third-order valence-electron chi connectivity index (χ3n) is 3.86. The molecule has 100 valence electrons. The second-order valence-electron chi connectivity index (χ2n) is 5.35. The molecule has 0 fully saturated rings. The number of fused-ring (bicyclic) bond motifs is 1. The summed E-state index contributed by atoms with van der Waals surface area (Å²) in [5.74, 6) is 0. The van der Waals surface area contributed by atoms with Gasteiger partial charge < -0.3 is 10.1 Å². The fraction of sp³-hybridized carbons (Fsp3) is 0.625.